The molecule has 94 valence electrons. The van der Waals surface area contributed by atoms with Crippen LogP contribution in [-0.4, -0.2) is 41.2 Å². The summed E-state index contributed by atoms with van der Waals surface area (Å²) in [6, 6.07) is 0. The zero-order valence-electron chi connectivity index (χ0n) is 9.44. The lowest BCUT2D eigenvalue weighted by Gasteiger charge is -2.24. The minimum atomic E-state index is -2.44. The molecule has 1 N–H and O–H groups in total. The van der Waals surface area contributed by atoms with Crippen LogP contribution in [0, 0.1) is 0 Å². The summed E-state index contributed by atoms with van der Waals surface area (Å²) in [5.74, 6) is 0.557. The highest BCUT2D eigenvalue weighted by atomic mass is 19.3. The molecule has 1 aromatic heterocycles. The molecule has 17 heavy (non-hydrogen) atoms. The average Bonchev–Trinajstić information content (AvgIpc) is 2.75. The Labute approximate surface area is 98.3 Å². The van der Waals surface area contributed by atoms with Crippen LogP contribution in [-0.2, 0) is 12.8 Å². The topological polar surface area (TPSA) is 49.2 Å². The number of aliphatic hydroxyl groups excluding tert-OH is 1. The van der Waals surface area contributed by atoms with Crippen LogP contribution in [0.4, 0.5) is 14.6 Å². The van der Waals surface area contributed by atoms with Gasteiger partial charge in [0.25, 0.3) is 6.43 Å². The molecular formula is C11H15F2N3O. The SMILES string of the molecule is OCCN(CC(F)F)c1ncnc2c1CCC2. The molecule has 0 unspecified atom stereocenters. The molecule has 2 rings (SSSR count). The van der Waals surface area contributed by atoms with Crippen LogP contribution in [0.25, 0.3) is 0 Å². The maximum atomic E-state index is 12.5. The molecule has 0 saturated carbocycles. The normalized spacial score (nSPS) is 14.1. The number of nitrogens with zero attached hydrogens (tertiary/aromatic N) is 3. The van der Waals surface area contributed by atoms with Crippen LogP contribution >= 0.6 is 0 Å². The lowest BCUT2D eigenvalue weighted by molar-refractivity contribution is 0.152. The summed E-state index contributed by atoms with van der Waals surface area (Å²) < 4.78 is 25.0. The molecule has 0 spiro atoms. The number of hydrogen-bond acceptors (Lipinski definition) is 4. The van der Waals surface area contributed by atoms with Gasteiger partial charge in [0.1, 0.15) is 12.1 Å². The Morgan fingerprint density at radius 3 is 2.88 bits per heavy atom. The summed E-state index contributed by atoms with van der Waals surface area (Å²) in [5, 5.41) is 8.93. The Hall–Kier alpha value is -1.30. The quantitative estimate of drug-likeness (QED) is 0.839. The molecule has 0 saturated heterocycles. The number of anilines is 1. The summed E-state index contributed by atoms with van der Waals surface area (Å²) in [5.41, 5.74) is 1.91. The molecule has 0 amide bonds. The second kappa shape index (κ2) is 5.35. The van der Waals surface area contributed by atoms with Crippen LogP contribution in [0.5, 0.6) is 0 Å². The molecule has 6 heteroatoms. The fraction of sp³-hybridized carbons (Fsp3) is 0.636. The first-order valence-electron chi connectivity index (χ1n) is 5.69. The standard InChI is InChI=1S/C11H15F2N3O/c12-10(13)6-16(4-5-17)11-8-2-1-3-9(8)14-7-15-11/h7,10,17H,1-6H2. The molecule has 0 aliphatic heterocycles. The van der Waals surface area contributed by atoms with E-state index in [4.69, 9.17) is 5.11 Å². The Kier molecular flexibility index (Phi) is 3.83. The smallest absolute Gasteiger partial charge is 0.255 e. The number of fused-ring (bicyclic) bond motifs is 1. The molecule has 4 nitrogen and oxygen atoms in total. The van der Waals surface area contributed by atoms with Gasteiger partial charge in [-0.3, -0.25) is 0 Å². The molecular weight excluding hydrogens is 228 g/mol. The highest BCUT2D eigenvalue weighted by Gasteiger charge is 2.22. The van der Waals surface area contributed by atoms with Crippen molar-refractivity contribution in [2.45, 2.75) is 25.7 Å². The van der Waals surface area contributed by atoms with Gasteiger partial charge in [0.2, 0.25) is 0 Å². The van der Waals surface area contributed by atoms with Gasteiger partial charge < -0.3 is 10.0 Å². The summed E-state index contributed by atoms with van der Waals surface area (Å²) in [6.07, 6.45) is 1.68. The largest absolute Gasteiger partial charge is 0.395 e. The molecule has 0 fully saturated rings. The van der Waals surface area contributed by atoms with Crippen molar-refractivity contribution in [2.75, 3.05) is 24.6 Å². The summed E-state index contributed by atoms with van der Waals surface area (Å²) in [7, 11) is 0. The molecule has 1 heterocycles. The first kappa shape index (κ1) is 12.2. The van der Waals surface area contributed by atoms with Crippen molar-refractivity contribution in [3.05, 3.63) is 17.6 Å². The van der Waals surface area contributed by atoms with Crippen molar-refractivity contribution in [2.24, 2.45) is 0 Å². The van der Waals surface area contributed by atoms with E-state index in [-0.39, 0.29) is 13.2 Å². The van der Waals surface area contributed by atoms with E-state index in [1.807, 2.05) is 0 Å². The van der Waals surface area contributed by atoms with E-state index in [0.717, 1.165) is 30.5 Å². The van der Waals surface area contributed by atoms with Gasteiger partial charge in [-0.15, -0.1) is 0 Å². The first-order valence-corrected chi connectivity index (χ1v) is 5.69. The number of hydrogen-bond donors (Lipinski definition) is 1. The number of alkyl halides is 2. The van der Waals surface area contributed by atoms with Gasteiger partial charge in [-0.1, -0.05) is 0 Å². The first-order chi connectivity index (χ1) is 8.22. The fourth-order valence-corrected chi connectivity index (χ4v) is 2.19. The van der Waals surface area contributed by atoms with Crippen molar-refractivity contribution >= 4 is 5.82 Å². The number of aryl methyl sites for hydroxylation is 1. The van der Waals surface area contributed by atoms with E-state index in [1.165, 1.54) is 11.2 Å². The van der Waals surface area contributed by atoms with Gasteiger partial charge in [0, 0.05) is 17.8 Å². The number of halogens is 2. The predicted octanol–water partition coefficient (Wildman–Crippen LogP) is 1.03. The zero-order chi connectivity index (χ0) is 12.3. The Morgan fingerprint density at radius 1 is 1.35 bits per heavy atom. The van der Waals surface area contributed by atoms with Crippen LogP contribution in [0.3, 0.4) is 0 Å². The van der Waals surface area contributed by atoms with E-state index in [9.17, 15) is 8.78 Å². The van der Waals surface area contributed by atoms with Crippen LogP contribution in [0.15, 0.2) is 6.33 Å². The van der Waals surface area contributed by atoms with Crippen molar-refractivity contribution in [1.82, 2.24) is 9.97 Å². The third-order valence-electron chi connectivity index (χ3n) is 2.88. The highest BCUT2D eigenvalue weighted by molar-refractivity contribution is 5.50. The molecule has 1 aliphatic rings. The summed E-state index contributed by atoms with van der Waals surface area (Å²) in [6.45, 7) is -0.386. The minimum absolute atomic E-state index is 0.161. The number of aliphatic hydroxyl groups is 1. The van der Waals surface area contributed by atoms with Gasteiger partial charge in [-0.25, -0.2) is 18.7 Å². The van der Waals surface area contributed by atoms with Gasteiger partial charge >= 0.3 is 0 Å². The fourth-order valence-electron chi connectivity index (χ4n) is 2.19. The van der Waals surface area contributed by atoms with E-state index in [2.05, 4.69) is 9.97 Å². The Balaban J connectivity index is 2.26. The second-order valence-corrected chi connectivity index (χ2v) is 4.04. The maximum absolute atomic E-state index is 12.5. The summed E-state index contributed by atoms with van der Waals surface area (Å²) >= 11 is 0. The molecule has 0 aromatic carbocycles. The van der Waals surface area contributed by atoms with Gasteiger partial charge in [-0.2, -0.15) is 0 Å². The molecule has 0 atom stereocenters. The van der Waals surface area contributed by atoms with E-state index < -0.39 is 13.0 Å². The Bertz CT molecular complexity index is 387. The van der Waals surface area contributed by atoms with Gasteiger partial charge in [0.15, 0.2) is 0 Å². The average molecular weight is 243 g/mol. The van der Waals surface area contributed by atoms with Crippen molar-refractivity contribution < 1.29 is 13.9 Å². The van der Waals surface area contributed by atoms with E-state index in [0.29, 0.717) is 5.82 Å². The predicted molar refractivity (Wildman–Crippen MR) is 59.4 cm³/mol. The molecule has 1 aliphatic carbocycles. The van der Waals surface area contributed by atoms with Crippen molar-refractivity contribution in [1.29, 1.82) is 0 Å². The van der Waals surface area contributed by atoms with E-state index >= 15 is 0 Å². The van der Waals surface area contributed by atoms with Crippen LogP contribution < -0.4 is 4.90 Å². The molecule has 0 bridgehead atoms. The van der Waals surface area contributed by atoms with Gasteiger partial charge in [0.05, 0.1) is 13.2 Å². The van der Waals surface area contributed by atoms with Crippen molar-refractivity contribution in [3.8, 4) is 0 Å². The van der Waals surface area contributed by atoms with Crippen LogP contribution in [0.2, 0.25) is 0 Å². The third kappa shape index (κ3) is 2.69. The van der Waals surface area contributed by atoms with Crippen molar-refractivity contribution in [3.63, 3.8) is 0 Å². The van der Waals surface area contributed by atoms with E-state index in [1.54, 1.807) is 0 Å². The second-order valence-electron chi connectivity index (χ2n) is 4.04. The number of rotatable bonds is 5. The summed E-state index contributed by atoms with van der Waals surface area (Å²) in [4.78, 5) is 9.69. The number of aromatic nitrogens is 2. The maximum Gasteiger partial charge on any atom is 0.255 e. The lowest BCUT2D eigenvalue weighted by atomic mass is 10.2. The van der Waals surface area contributed by atoms with Gasteiger partial charge in [-0.05, 0) is 19.3 Å². The minimum Gasteiger partial charge on any atom is -0.395 e. The molecule has 0 radical (unpaired) electrons. The molecule has 1 aromatic rings. The zero-order valence-corrected chi connectivity index (χ0v) is 9.44. The Morgan fingerprint density at radius 2 is 2.18 bits per heavy atom. The monoisotopic (exact) mass is 243 g/mol. The third-order valence-corrected chi connectivity index (χ3v) is 2.88. The lowest BCUT2D eigenvalue weighted by Crippen LogP contribution is -2.33. The highest BCUT2D eigenvalue weighted by Crippen LogP contribution is 2.27. The van der Waals surface area contributed by atoms with Crippen LogP contribution in [0.1, 0.15) is 17.7 Å².